The Hall–Kier alpha value is -1.14. The van der Waals surface area contributed by atoms with Crippen LogP contribution in [0.4, 0.5) is 0 Å². The highest BCUT2D eigenvalue weighted by Gasteiger charge is 2.18. The fourth-order valence-corrected chi connectivity index (χ4v) is 1.44. The van der Waals surface area contributed by atoms with Crippen LogP contribution in [0.25, 0.3) is 0 Å². The van der Waals surface area contributed by atoms with Gasteiger partial charge in [-0.05, 0) is 12.8 Å². The lowest BCUT2D eigenvalue weighted by Crippen LogP contribution is -2.43. The largest absolute Gasteiger partial charge is 0.383 e. The highest BCUT2D eigenvalue weighted by molar-refractivity contribution is 6.35. The molecule has 1 heterocycles. The van der Waals surface area contributed by atoms with E-state index in [2.05, 4.69) is 10.6 Å². The molecule has 1 fully saturated rings. The fourth-order valence-electron chi connectivity index (χ4n) is 1.44. The number of carbonyl (C=O) groups excluding carboxylic acids is 2. The van der Waals surface area contributed by atoms with Crippen molar-refractivity contribution in [1.82, 2.24) is 10.6 Å². The number of rotatable bonds is 5. The summed E-state index contributed by atoms with van der Waals surface area (Å²) in [6.07, 6.45) is 2.00. The highest BCUT2D eigenvalue weighted by Crippen LogP contribution is 2.10. The van der Waals surface area contributed by atoms with Crippen LogP contribution >= 0.6 is 0 Å². The molecule has 6 nitrogen and oxygen atoms in total. The van der Waals surface area contributed by atoms with Crippen molar-refractivity contribution in [2.45, 2.75) is 18.9 Å². The van der Waals surface area contributed by atoms with Crippen LogP contribution in [0.15, 0.2) is 0 Å². The van der Waals surface area contributed by atoms with E-state index in [0.29, 0.717) is 19.7 Å². The predicted octanol–water partition coefficient (Wildman–Crippen LogP) is -0.956. The lowest BCUT2D eigenvalue weighted by Gasteiger charge is -2.10. The summed E-state index contributed by atoms with van der Waals surface area (Å²) in [5.74, 6) is -1.25. The molecule has 0 bridgehead atoms. The maximum Gasteiger partial charge on any atom is 0.309 e. The van der Waals surface area contributed by atoms with Gasteiger partial charge < -0.3 is 20.1 Å². The molecule has 0 aliphatic carbocycles. The maximum atomic E-state index is 11.3. The van der Waals surface area contributed by atoms with E-state index >= 15 is 0 Å². The third-order valence-corrected chi connectivity index (χ3v) is 2.31. The van der Waals surface area contributed by atoms with Crippen molar-refractivity contribution in [2.75, 3.05) is 33.4 Å². The van der Waals surface area contributed by atoms with Crippen LogP contribution in [-0.2, 0) is 19.1 Å². The standard InChI is InChI=1S/C10H18N2O4/c1-15-6-4-11-9(13)10(14)12-7-8-3-2-5-16-8/h8H,2-7H2,1H3,(H,11,13)(H,12,14)/t8-/m1/s1. The van der Waals surface area contributed by atoms with Gasteiger partial charge in [0, 0.05) is 26.8 Å². The summed E-state index contributed by atoms with van der Waals surface area (Å²) in [7, 11) is 1.53. The van der Waals surface area contributed by atoms with Gasteiger partial charge in [-0.15, -0.1) is 0 Å². The molecule has 1 saturated heterocycles. The minimum absolute atomic E-state index is 0.0516. The van der Waals surface area contributed by atoms with Gasteiger partial charge in [-0.25, -0.2) is 0 Å². The number of ether oxygens (including phenoxy) is 2. The Labute approximate surface area is 94.7 Å². The first-order valence-corrected chi connectivity index (χ1v) is 5.40. The van der Waals surface area contributed by atoms with Crippen LogP contribution in [0.5, 0.6) is 0 Å². The van der Waals surface area contributed by atoms with Gasteiger partial charge in [0.2, 0.25) is 0 Å². The van der Waals surface area contributed by atoms with E-state index in [4.69, 9.17) is 9.47 Å². The lowest BCUT2D eigenvalue weighted by molar-refractivity contribution is -0.139. The van der Waals surface area contributed by atoms with Crippen LogP contribution < -0.4 is 10.6 Å². The highest BCUT2D eigenvalue weighted by atomic mass is 16.5. The first-order valence-electron chi connectivity index (χ1n) is 5.40. The quantitative estimate of drug-likeness (QED) is 0.471. The molecule has 1 rings (SSSR count). The molecule has 0 aromatic heterocycles. The number of amides is 2. The first kappa shape index (κ1) is 12.9. The molecule has 2 N–H and O–H groups in total. The normalized spacial score (nSPS) is 19.4. The summed E-state index contributed by atoms with van der Waals surface area (Å²) in [5, 5.41) is 4.98. The Kier molecular flexibility index (Phi) is 5.81. The fraction of sp³-hybridized carbons (Fsp3) is 0.800. The summed E-state index contributed by atoms with van der Waals surface area (Å²) in [4.78, 5) is 22.5. The van der Waals surface area contributed by atoms with E-state index in [0.717, 1.165) is 19.4 Å². The Morgan fingerprint density at radius 2 is 2.12 bits per heavy atom. The monoisotopic (exact) mass is 230 g/mol. The second-order valence-electron chi connectivity index (χ2n) is 3.59. The lowest BCUT2D eigenvalue weighted by atomic mass is 10.2. The van der Waals surface area contributed by atoms with E-state index in [1.165, 1.54) is 7.11 Å². The molecule has 6 heteroatoms. The van der Waals surface area contributed by atoms with Gasteiger partial charge in [0.05, 0.1) is 12.7 Å². The number of carbonyl (C=O) groups is 2. The summed E-state index contributed by atoms with van der Waals surface area (Å²) < 4.78 is 10.1. The van der Waals surface area contributed by atoms with E-state index in [1.807, 2.05) is 0 Å². The van der Waals surface area contributed by atoms with Crippen LogP contribution in [0.3, 0.4) is 0 Å². The zero-order valence-corrected chi connectivity index (χ0v) is 9.45. The van der Waals surface area contributed by atoms with Crippen molar-refractivity contribution < 1.29 is 19.1 Å². The van der Waals surface area contributed by atoms with Gasteiger partial charge in [0.1, 0.15) is 0 Å². The molecule has 92 valence electrons. The molecule has 0 aromatic carbocycles. The minimum Gasteiger partial charge on any atom is -0.383 e. The molecule has 0 spiro atoms. The van der Waals surface area contributed by atoms with Gasteiger partial charge in [-0.1, -0.05) is 0 Å². The average Bonchev–Trinajstić information content (AvgIpc) is 2.79. The van der Waals surface area contributed by atoms with Crippen LogP contribution in [-0.4, -0.2) is 51.3 Å². The van der Waals surface area contributed by atoms with E-state index < -0.39 is 11.8 Å². The van der Waals surface area contributed by atoms with Crippen molar-refractivity contribution >= 4 is 11.8 Å². The van der Waals surface area contributed by atoms with Gasteiger partial charge in [0.25, 0.3) is 0 Å². The van der Waals surface area contributed by atoms with E-state index in [1.54, 1.807) is 0 Å². The van der Waals surface area contributed by atoms with Crippen LogP contribution in [0.1, 0.15) is 12.8 Å². The Balaban J connectivity index is 2.10. The second kappa shape index (κ2) is 7.19. The zero-order chi connectivity index (χ0) is 11.8. The molecular weight excluding hydrogens is 212 g/mol. The Morgan fingerprint density at radius 3 is 2.75 bits per heavy atom. The molecule has 2 amide bonds. The van der Waals surface area contributed by atoms with Crippen molar-refractivity contribution in [3.05, 3.63) is 0 Å². The van der Waals surface area contributed by atoms with Gasteiger partial charge in [-0.3, -0.25) is 9.59 Å². The molecule has 1 atom stereocenters. The van der Waals surface area contributed by atoms with Crippen molar-refractivity contribution in [1.29, 1.82) is 0 Å². The number of nitrogens with one attached hydrogen (secondary N) is 2. The average molecular weight is 230 g/mol. The zero-order valence-electron chi connectivity index (χ0n) is 9.45. The predicted molar refractivity (Wildman–Crippen MR) is 56.9 cm³/mol. The van der Waals surface area contributed by atoms with Gasteiger partial charge >= 0.3 is 11.8 Å². The molecule has 1 aliphatic rings. The molecular formula is C10H18N2O4. The first-order chi connectivity index (χ1) is 7.74. The van der Waals surface area contributed by atoms with Crippen LogP contribution in [0, 0.1) is 0 Å². The Morgan fingerprint density at radius 1 is 1.38 bits per heavy atom. The van der Waals surface area contributed by atoms with Crippen molar-refractivity contribution in [3.8, 4) is 0 Å². The third-order valence-electron chi connectivity index (χ3n) is 2.31. The summed E-state index contributed by atoms with van der Waals surface area (Å²) >= 11 is 0. The van der Waals surface area contributed by atoms with Crippen LogP contribution in [0.2, 0.25) is 0 Å². The SMILES string of the molecule is COCCNC(=O)C(=O)NC[C@H]1CCCO1. The number of hydrogen-bond donors (Lipinski definition) is 2. The molecule has 0 saturated carbocycles. The smallest absolute Gasteiger partial charge is 0.309 e. The number of methoxy groups -OCH3 is 1. The Bertz CT molecular complexity index is 239. The second-order valence-corrected chi connectivity index (χ2v) is 3.59. The summed E-state index contributed by atoms with van der Waals surface area (Å²) in [6.45, 7) is 1.87. The summed E-state index contributed by atoms with van der Waals surface area (Å²) in [5.41, 5.74) is 0. The van der Waals surface area contributed by atoms with Gasteiger partial charge in [-0.2, -0.15) is 0 Å². The van der Waals surface area contributed by atoms with Crippen molar-refractivity contribution in [3.63, 3.8) is 0 Å². The minimum atomic E-state index is -0.630. The topological polar surface area (TPSA) is 76.7 Å². The van der Waals surface area contributed by atoms with E-state index in [9.17, 15) is 9.59 Å². The molecule has 0 aromatic rings. The molecule has 0 radical (unpaired) electrons. The molecule has 0 unspecified atom stereocenters. The number of hydrogen-bond acceptors (Lipinski definition) is 4. The van der Waals surface area contributed by atoms with E-state index in [-0.39, 0.29) is 6.10 Å². The van der Waals surface area contributed by atoms with Gasteiger partial charge in [0.15, 0.2) is 0 Å². The summed E-state index contributed by atoms with van der Waals surface area (Å²) in [6, 6.07) is 0. The molecule has 1 aliphatic heterocycles. The molecule has 16 heavy (non-hydrogen) atoms. The van der Waals surface area contributed by atoms with Crippen molar-refractivity contribution in [2.24, 2.45) is 0 Å². The third kappa shape index (κ3) is 4.59. The maximum absolute atomic E-state index is 11.3.